The number of carbonyl (C=O) groups excluding carboxylic acids is 2. The second-order valence-corrected chi connectivity index (χ2v) is 11.9. The molecular weight excluding hydrogens is 472 g/mol. The molecule has 2 aliphatic carbocycles. The van der Waals surface area contributed by atoms with Crippen molar-refractivity contribution in [3.63, 3.8) is 0 Å². The van der Waals surface area contributed by atoms with Gasteiger partial charge >= 0.3 is 0 Å². The maximum Gasteiger partial charge on any atom is 0.230 e. The van der Waals surface area contributed by atoms with Crippen molar-refractivity contribution in [2.45, 2.75) is 71.3 Å². The lowest BCUT2D eigenvalue weighted by Crippen LogP contribution is -2.49. The number of nitrogens with one attached hydrogen (secondary N) is 2. The molecule has 2 aliphatic rings. The molecule has 36 heavy (non-hydrogen) atoms. The van der Waals surface area contributed by atoms with Crippen LogP contribution in [0, 0.1) is 23.2 Å². The third-order valence-corrected chi connectivity index (χ3v) is 8.23. The highest BCUT2D eigenvalue weighted by atomic mass is 35.5. The fourth-order valence-corrected chi connectivity index (χ4v) is 6.53. The molecule has 1 saturated carbocycles. The monoisotopic (exact) mass is 510 g/mol. The summed E-state index contributed by atoms with van der Waals surface area (Å²) in [4.78, 5) is 30.5. The van der Waals surface area contributed by atoms with E-state index < -0.39 is 5.41 Å². The SMILES string of the molecule is CC(C)CC1CC(C(N)CNC(=O)C2CCc3cc(Cl)ccc32)CC(C)(C(=O)Nc2ccncc2)C1. The summed E-state index contributed by atoms with van der Waals surface area (Å²) >= 11 is 6.12. The molecule has 194 valence electrons. The van der Waals surface area contributed by atoms with Gasteiger partial charge in [-0.15, -0.1) is 0 Å². The van der Waals surface area contributed by atoms with Gasteiger partial charge in [0.25, 0.3) is 0 Å². The fourth-order valence-electron chi connectivity index (χ4n) is 6.34. The maximum atomic E-state index is 13.4. The Hall–Kier alpha value is -2.44. The highest BCUT2D eigenvalue weighted by Crippen LogP contribution is 2.46. The van der Waals surface area contributed by atoms with Crippen molar-refractivity contribution in [1.82, 2.24) is 10.3 Å². The number of aromatic nitrogens is 1. The Labute approximate surface area is 219 Å². The van der Waals surface area contributed by atoms with E-state index in [2.05, 4.69) is 36.4 Å². The number of rotatable bonds is 8. The first-order valence-corrected chi connectivity index (χ1v) is 13.6. The fraction of sp³-hybridized carbons (Fsp3) is 0.552. The van der Waals surface area contributed by atoms with Gasteiger partial charge in [-0.25, -0.2) is 0 Å². The standard InChI is InChI=1S/C29H39ClN4O2/c1-18(2)12-19-13-21(16-29(3,15-19)28(36)34-23-8-10-32-11-9-23)26(31)17-33-27(35)25-6-4-20-14-22(30)5-7-24(20)25/h5,7-11,14,18-19,21,25-26H,4,6,12-13,15-17,31H2,1-3H3,(H,33,35)(H,32,34,36). The van der Waals surface area contributed by atoms with E-state index >= 15 is 0 Å². The third-order valence-electron chi connectivity index (χ3n) is 8.00. The van der Waals surface area contributed by atoms with Gasteiger partial charge in [-0.2, -0.15) is 0 Å². The van der Waals surface area contributed by atoms with Crippen molar-refractivity contribution in [3.05, 3.63) is 58.9 Å². The second-order valence-electron chi connectivity index (χ2n) is 11.5. The molecule has 0 spiro atoms. The first kappa shape index (κ1) is 26.6. The zero-order chi connectivity index (χ0) is 25.9. The Balaban J connectivity index is 1.41. The Kier molecular flexibility index (Phi) is 8.36. The zero-order valence-electron chi connectivity index (χ0n) is 21.6. The summed E-state index contributed by atoms with van der Waals surface area (Å²) in [7, 11) is 0. The Morgan fingerprint density at radius 2 is 1.94 bits per heavy atom. The zero-order valence-corrected chi connectivity index (χ0v) is 22.4. The summed E-state index contributed by atoms with van der Waals surface area (Å²) in [5.41, 5.74) is 9.17. The van der Waals surface area contributed by atoms with Gasteiger partial charge in [0, 0.05) is 41.1 Å². The van der Waals surface area contributed by atoms with Gasteiger partial charge in [-0.05, 0) is 91.7 Å². The molecule has 2 amide bonds. The number of halogens is 1. The number of nitrogens with two attached hydrogens (primary N) is 1. The van der Waals surface area contributed by atoms with Crippen LogP contribution >= 0.6 is 11.6 Å². The van der Waals surface area contributed by atoms with Crippen LogP contribution in [0.15, 0.2) is 42.7 Å². The molecule has 1 aromatic heterocycles. The van der Waals surface area contributed by atoms with Crippen LogP contribution in [0.5, 0.6) is 0 Å². The van der Waals surface area contributed by atoms with Gasteiger partial charge in [0.15, 0.2) is 0 Å². The van der Waals surface area contributed by atoms with E-state index in [4.69, 9.17) is 17.3 Å². The number of anilines is 1. The minimum Gasteiger partial charge on any atom is -0.354 e. The first-order chi connectivity index (χ1) is 17.1. The van der Waals surface area contributed by atoms with E-state index in [0.717, 1.165) is 48.9 Å². The van der Waals surface area contributed by atoms with E-state index in [-0.39, 0.29) is 29.7 Å². The maximum absolute atomic E-state index is 13.4. The van der Waals surface area contributed by atoms with E-state index in [1.165, 1.54) is 0 Å². The number of hydrogen-bond donors (Lipinski definition) is 3. The van der Waals surface area contributed by atoms with Crippen LogP contribution in [0.25, 0.3) is 0 Å². The number of pyridine rings is 1. The summed E-state index contributed by atoms with van der Waals surface area (Å²) in [5, 5.41) is 6.92. The highest BCUT2D eigenvalue weighted by Gasteiger charge is 2.44. The molecule has 4 rings (SSSR count). The molecule has 0 radical (unpaired) electrons. The number of hydrogen-bond acceptors (Lipinski definition) is 4. The van der Waals surface area contributed by atoms with Crippen LogP contribution in [0.4, 0.5) is 5.69 Å². The summed E-state index contributed by atoms with van der Waals surface area (Å²) in [6, 6.07) is 9.20. The summed E-state index contributed by atoms with van der Waals surface area (Å²) < 4.78 is 0. The molecule has 0 bridgehead atoms. The molecular formula is C29H39ClN4O2. The van der Waals surface area contributed by atoms with Gasteiger partial charge in [0.2, 0.25) is 11.8 Å². The predicted molar refractivity (Wildman–Crippen MR) is 145 cm³/mol. The summed E-state index contributed by atoms with van der Waals surface area (Å²) in [6.45, 7) is 6.93. The third kappa shape index (κ3) is 6.27. The number of aryl methyl sites for hydroxylation is 1. The molecule has 1 aromatic carbocycles. The second kappa shape index (κ2) is 11.3. The number of benzene rings is 1. The summed E-state index contributed by atoms with van der Waals surface area (Å²) in [5.74, 6) is 1.04. The van der Waals surface area contributed by atoms with E-state index in [9.17, 15) is 9.59 Å². The van der Waals surface area contributed by atoms with Crippen LogP contribution in [0.3, 0.4) is 0 Å². The Morgan fingerprint density at radius 3 is 2.67 bits per heavy atom. The van der Waals surface area contributed by atoms with E-state index in [1.807, 2.05) is 30.3 Å². The number of fused-ring (bicyclic) bond motifs is 1. The van der Waals surface area contributed by atoms with Crippen molar-refractivity contribution in [1.29, 1.82) is 0 Å². The molecule has 5 unspecified atom stereocenters. The molecule has 7 heteroatoms. The largest absolute Gasteiger partial charge is 0.354 e. The Bertz CT molecular complexity index is 1080. The number of carbonyl (C=O) groups is 2. The lowest BCUT2D eigenvalue weighted by Gasteiger charge is -2.43. The minimum atomic E-state index is -0.517. The van der Waals surface area contributed by atoms with Gasteiger partial charge in [0.05, 0.1) is 5.92 Å². The van der Waals surface area contributed by atoms with Crippen molar-refractivity contribution in [3.8, 4) is 0 Å². The summed E-state index contributed by atoms with van der Waals surface area (Å²) in [6.07, 6.45) is 8.62. The van der Waals surface area contributed by atoms with E-state index in [1.54, 1.807) is 12.4 Å². The van der Waals surface area contributed by atoms with E-state index in [0.29, 0.717) is 29.8 Å². The normalized spacial score (nSPS) is 26.3. The van der Waals surface area contributed by atoms with Crippen molar-refractivity contribution < 1.29 is 9.59 Å². The van der Waals surface area contributed by atoms with Crippen LogP contribution in [0.1, 0.15) is 69.9 Å². The molecule has 1 fully saturated rings. The van der Waals surface area contributed by atoms with Crippen molar-refractivity contribution in [2.75, 3.05) is 11.9 Å². The van der Waals surface area contributed by atoms with Crippen molar-refractivity contribution >= 4 is 29.1 Å². The van der Waals surface area contributed by atoms with Crippen LogP contribution in [0.2, 0.25) is 5.02 Å². The quantitative estimate of drug-likeness (QED) is 0.448. The molecule has 1 heterocycles. The molecule has 6 nitrogen and oxygen atoms in total. The van der Waals surface area contributed by atoms with Crippen LogP contribution in [-0.2, 0) is 16.0 Å². The molecule has 0 saturated heterocycles. The lowest BCUT2D eigenvalue weighted by molar-refractivity contribution is -0.129. The molecule has 4 N–H and O–H groups in total. The average molecular weight is 511 g/mol. The average Bonchev–Trinajstić information content (AvgIpc) is 3.25. The topological polar surface area (TPSA) is 97.1 Å². The lowest BCUT2D eigenvalue weighted by atomic mass is 9.63. The number of nitrogens with zero attached hydrogens (tertiary/aromatic N) is 1. The van der Waals surface area contributed by atoms with Crippen molar-refractivity contribution in [2.24, 2.45) is 28.9 Å². The van der Waals surface area contributed by atoms with Gasteiger partial charge in [-0.1, -0.05) is 38.4 Å². The van der Waals surface area contributed by atoms with Crippen LogP contribution < -0.4 is 16.4 Å². The molecule has 2 aromatic rings. The highest BCUT2D eigenvalue weighted by molar-refractivity contribution is 6.30. The molecule has 0 aliphatic heterocycles. The molecule has 5 atom stereocenters. The first-order valence-electron chi connectivity index (χ1n) is 13.2. The number of amides is 2. The van der Waals surface area contributed by atoms with Gasteiger partial charge < -0.3 is 16.4 Å². The predicted octanol–water partition coefficient (Wildman–Crippen LogP) is 5.32. The minimum absolute atomic E-state index is 0.0271. The van der Waals surface area contributed by atoms with Gasteiger partial charge in [0.1, 0.15) is 0 Å². The smallest absolute Gasteiger partial charge is 0.230 e. The van der Waals surface area contributed by atoms with Crippen LogP contribution in [-0.4, -0.2) is 29.4 Å². The van der Waals surface area contributed by atoms with Gasteiger partial charge in [-0.3, -0.25) is 14.6 Å². The Morgan fingerprint density at radius 1 is 1.19 bits per heavy atom.